The van der Waals surface area contributed by atoms with Crippen molar-refractivity contribution >= 4 is 34.3 Å². The Morgan fingerprint density at radius 1 is 1.34 bits per heavy atom. The number of piperidine rings is 1. The van der Waals surface area contributed by atoms with Gasteiger partial charge < -0.3 is 21.7 Å². The summed E-state index contributed by atoms with van der Waals surface area (Å²) in [5, 5.41) is 18.7. The molecule has 1 saturated heterocycles. The standard InChI is InChI=1S/C19H22N8O2/c1-29-27-9-3-4-12-10-13(6-7-15(12)27)22-18-16(17(20)28)25-26-19(24-18)23-14-5-2-8-21-11-14/h3-4,6-7,9-10,14,21H,2,5,8,11H2,1H3,(H3-,20,22,23,24,26,28)/p+1. The highest BCUT2D eigenvalue weighted by Gasteiger charge is 2.18. The molecule has 0 saturated carbocycles. The molecular formula is C19H23N8O2+. The lowest BCUT2D eigenvalue weighted by Gasteiger charge is -2.23. The lowest BCUT2D eigenvalue weighted by molar-refractivity contribution is -0.865. The minimum absolute atomic E-state index is 0.0163. The van der Waals surface area contributed by atoms with E-state index < -0.39 is 5.91 Å². The SMILES string of the molecule is CO[n+]1cccc2cc(Nc3nc(NC4CCCNC4)nnc3C(N)=O)ccc21. The average Bonchev–Trinajstić information content (AvgIpc) is 2.74. The number of nitrogens with two attached hydrogens (primary N) is 1. The summed E-state index contributed by atoms with van der Waals surface area (Å²) in [5.41, 5.74) is 7.08. The Kier molecular flexibility index (Phi) is 5.34. The monoisotopic (exact) mass is 395 g/mol. The van der Waals surface area contributed by atoms with Gasteiger partial charge in [-0.15, -0.1) is 10.2 Å². The molecule has 0 aliphatic carbocycles. The summed E-state index contributed by atoms with van der Waals surface area (Å²) in [6.07, 6.45) is 3.92. The van der Waals surface area contributed by atoms with E-state index in [4.69, 9.17) is 10.6 Å². The number of rotatable bonds is 6. The molecule has 1 amide bonds. The third-order valence-electron chi connectivity index (χ3n) is 4.77. The van der Waals surface area contributed by atoms with Gasteiger partial charge in [-0.1, -0.05) is 0 Å². The van der Waals surface area contributed by atoms with Crippen molar-refractivity contribution in [2.24, 2.45) is 5.73 Å². The number of carbonyl (C=O) groups excluding carboxylic acids is 1. The minimum atomic E-state index is -0.698. The fraction of sp³-hybridized carbons (Fsp3) is 0.316. The van der Waals surface area contributed by atoms with Crippen LogP contribution in [0.15, 0.2) is 36.5 Å². The second-order valence-electron chi connectivity index (χ2n) is 6.80. The molecule has 1 aromatic carbocycles. The van der Waals surface area contributed by atoms with Gasteiger partial charge in [-0.25, -0.2) is 0 Å². The highest BCUT2D eigenvalue weighted by molar-refractivity contribution is 5.96. The summed E-state index contributed by atoms with van der Waals surface area (Å²) in [6.45, 7) is 1.84. The molecule has 3 aromatic rings. The minimum Gasteiger partial charge on any atom is -0.364 e. The molecule has 1 unspecified atom stereocenters. The Bertz CT molecular complexity index is 1040. The van der Waals surface area contributed by atoms with Gasteiger partial charge in [-0.05, 0) is 37.6 Å². The Morgan fingerprint density at radius 3 is 3.00 bits per heavy atom. The highest BCUT2D eigenvalue weighted by atomic mass is 16.6. The first-order chi connectivity index (χ1) is 14.1. The van der Waals surface area contributed by atoms with Crippen LogP contribution in [0.5, 0.6) is 0 Å². The molecule has 5 N–H and O–H groups in total. The maximum Gasteiger partial charge on any atom is 0.273 e. The number of hydrogen-bond donors (Lipinski definition) is 4. The van der Waals surface area contributed by atoms with E-state index in [-0.39, 0.29) is 17.6 Å². The zero-order chi connectivity index (χ0) is 20.2. The number of nitrogens with one attached hydrogen (secondary N) is 3. The van der Waals surface area contributed by atoms with E-state index in [0.29, 0.717) is 5.95 Å². The first kappa shape index (κ1) is 18.8. The van der Waals surface area contributed by atoms with Gasteiger partial charge in [0.05, 0.1) is 5.39 Å². The highest BCUT2D eigenvalue weighted by Crippen LogP contribution is 2.22. The van der Waals surface area contributed by atoms with Crippen LogP contribution in [-0.2, 0) is 0 Å². The molecule has 1 aliphatic rings. The van der Waals surface area contributed by atoms with Gasteiger partial charge in [0, 0.05) is 35.1 Å². The second-order valence-corrected chi connectivity index (χ2v) is 6.80. The van der Waals surface area contributed by atoms with Crippen LogP contribution >= 0.6 is 0 Å². The van der Waals surface area contributed by atoms with Gasteiger partial charge in [-0.2, -0.15) is 4.98 Å². The van der Waals surface area contributed by atoms with Crippen LogP contribution in [0.4, 0.5) is 17.5 Å². The summed E-state index contributed by atoms with van der Waals surface area (Å²) in [5.74, 6) is -0.0886. The second kappa shape index (κ2) is 8.23. The topological polar surface area (TPSA) is 131 Å². The summed E-state index contributed by atoms with van der Waals surface area (Å²) >= 11 is 0. The first-order valence-electron chi connectivity index (χ1n) is 9.42. The summed E-state index contributed by atoms with van der Waals surface area (Å²) in [7, 11) is 1.60. The lowest BCUT2D eigenvalue weighted by atomic mass is 10.1. The van der Waals surface area contributed by atoms with Gasteiger partial charge in [0.25, 0.3) is 11.4 Å². The summed E-state index contributed by atoms with van der Waals surface area (Å²) < 4.78 is 1.67. The molecule has 1 atom stereocenters. The quantitative estimate of drug-likeness (QED) is 0.441. The first-order valence-corrected chi connectivity index (χ1v) is 9.42. The average molecular weight is 395 g/mol. The number of aromatic nitrogens is 4. The fourth-order valence-corrected chi connectivity index (χ4v) is 3.37. The van der Waals surface area contributed by atoms with E-state index in [9.17, 15) is 4.79 Å². The largest absolute Gasteiger partial charge is 0.364 e. The Hall–Kier alpha value is -3.53. The number of fused-ring (bicyclic) bond motifs is 1. The molecule has 1 aliphatic heterocycles. The van der Waals surface area contributed by atoms with Crippen molar-refractivity contribution in [3.63, 3.8) is 0 Å². The molecule has 0 bridgehead atoms. The molecule has 2 aromatic heterocycles. The van der Waals surface area contributed by atoms with E-state index in [1.807, 2.05) is 36.5 Å². The van der Waals surface area contributed by atoms with E-state index in [1.54, 1.807) is 11.8 Å². The Balaban J connectivity index is 1.63. The van der Waals surface area contributed by atoms with Crippen LogP contribution in [0.1, 0.15) is 23.3 Å². The number of amides is 1. The number of carbonyl (C=O) groups is 1. The van der Waals surface area contributed by atoms with Crippen molar-refractivity contribution in [1.29, 1.82) is 0 Å². The lowest BCUT2D eigenvalue weighted by Crippen LogP contribution is -2.40. The number of anilines is 3. The fourth-order valence-electron chi connectivity index (χ4n) is 3.37. The van der Waals surface area contributed by atoms with Gasteiger partial charge in [0.1, 0.15) is 7.11 Å². The molecule has 10 nitrogen and oxygen atoms in total. The molecule has 0 spiro atoms. The number of pyridine rings is 1. The van der Waals surface area contributed by atoms with Gasteiger partial charge >= 0.3 is 0 Å². The van der Waals surface area contributed by atoms with E-state index in [0.717, 1.165) is 42.5 Å². The molecule has 150 valence electrons. The Morgan fingerprint density at radius 2 is 2.24 bits per heavy atom. The molecule has 10 heteroatoms. The predicted octanol–water partition coefficient (Wildman–Crippen LogP) is 0.377. The number of nitrogens with zero attached hydrogens (tertiary/aromatic N) is 4. The van der Waals surface area contributed by atoms with Crippen molar-refractivity contribution in [3.8, 4) is 0 Å². The van der Waals surface area contributed by atoms with Crippen molar-refractivity contribution in [3.05, 3.63) is 42.2 Å². The molecule has 4 rings (SSSR count). The molecule has 1 fully saturated rings. The van der Waals surface area contributed by atoms with E-state index in [2.05, 4.69) is 31.1 Å². The van der Waals surface area contributed by atoms with E-state index >= 15 is 0 Å². The maximum atomic E-state index is 11.8. The zero-order valence-electron chi connectivity index (χ0n) is 16.1. The predicted molar refractivity (Wildman–Crippen MR) is 108 cm³/mol. The number of primary amides is 1. The van der Waals surface area contributed by atoms with Crippen LogP contribution in [0, 0.1) is 0 Å². The Labute approximate surface area is 167 Å². The maximum absolute atomic E-state index is 11.8. The van der Waals surface area contributed by atoms with Crippen molar-refractivity contribution in [2.75, 3.05) is 30.8 Å². The van der Waals surface area contributed by atoms with Crippen LogP contribution in [0.3, 0.4) is 0 Å². The number of hydrogen-bond acceptors (Lipinski definition) is 8. The number of benzene rings is 1. The van der Waals surface area contributed by atoms with Crippen molar-refractivity contribution in [2.45, 2.75) is 18.9 Å². The molecule has 3 heterocycles. The molecule has 29 heavy (non-hydrogen) atoms. The van der Waals surface area contributed by atoms with Crippen LogP contribution in [-0.4, -0.2) is 47.3 Å². The van der Waals surface area contributed by atoms with Crippen LogP contribution in [0.2, 0.25) is 0 Å². The third-order valence-corrected chi connectivity index (χ3v) is 4.77. The van der Waals surface area contributed by atoms with Gasteiger partial charge in [-0.3, -0.25) is 9.63 Å². The van der Waals surface area contributed by atoms with Crippen LogP contribution < -0.4 is 31.3 Å². The summed E-state index contributed by atoms with van der Waals surface area (Å²) in [6, 6.07) is 9.76. The normalized spacial score (nSPS) is 16.4. The van der Waals surface area contributed by atoms with Crippen molar-refractivity contribution < 1.29 is 14.4 Å². The molecule has 0 radical (unpaired) electrons. The van der Waals surface area contributed by atoms with E-state index in [1.165, 1.54) is 0 Å². The van der Waals surface area contributed by atoms with Gasteiger partial charge in [0.15, 0.2) is 11.5 Å². The smallest absolute Gasteiger partial charge is 0.273 e. The van der Waals surface area contributed by atoms with Gasteiger partial charge in [0.2, 0.25) is 12.1 Å². The van der Waals surface area contributed by atoms with Crippen LogP contribution in [0.25, 0.3) is 10.9 Å². The zero-order valence-corrected chi connectivity index (χ0v) is 16.1. The third kappa shape index (κ3) is 4.16. The van der Waals surface area contributed by atoms with Crippen molar-refractivity contribution in [1.82, 2.24) is 20.5 Å². The summed E-state index contributed by atoms with van der Waals surface area (Å²) in [4.78, 5) is 21.6. The molecular weight excluding hydrogens is 372 g/mol.